The molecule has 0 saturated carbocycles. The average Bonchev–Trinajstić information content (AvgIpc) is 4.04. The average molecular weight is 831 g/mol. The first-order valence-corrected chi connectivity index (χ1v) is 22.2. The molecule has 0 spiro atoms. The largest absolute Gasteiger partial charge is 0.456 e. The third-order valence-electron chi connectivity index (χ3n) is 13.5. The summed E-state index contributed by atoms with van der Waals surface area (Å²) in [6.07, 6.45) is 1.90. The number of hydrogen-bond donors (Lipinski definition) is 1. The summed E-state index contributed by atoms with van der Waals surface area (Å²) < 4.78 is 11.7. The van der Waals surface area contributed by atoms with Gasteiger partial charge in [-0.2, -0.15) is 0 Å². The molecule has 0 fully saturated rings. The Morgan fingerprint density at radius 3 is 1.78 bits per heavy atom. The lowest BCUT2D eigenvalue weighted by Crippen LogP contribution is -2.25. The fourth-order valence-corrected chi connectivity index (χ4v) is 10.5. The van der Waals surface area contributed by atoms with Gasteiger partial charge in [0.1, 0.15) is 17.3 Å². The number of para-hydroxylation sites is 3. The van der Waals surface area contributed by atoms with Crippen LogP contribution in [0.1, 0.15) is 22.9 Å². The maximum Gasteiger partial charge on any atom is 0.145 e. The summed E-state index contributed by atoms with van der Waals surface area (Å²) in [5, 5.41) is 15.6. The van der Waals surface area contributed by atoms with E-state index in [1.807, 2.05) is 0 Å². The number of fused-ring (bicyclic) bond motifs is 12. The van der Waals surface area contributed by atoms with Crippen LogP contribution < -0.4 is 5.32 Å². The van der Waals surface area contributed by atoms with E-state index in [-0.39, 0.29) is 6.17 Å². The van der Waals surface area contributed by atoms with Gasteiger partial charge in [0.25, 0.3) is 0 Å². The van der Waals surface area contributed by atoms with E-state index in [1.165, 1.54) is 54.1 Å². The molecule has 1 atom stereocenters. The van der Waals surface area contributed by atoms with Crippen molar-refractivity contribution < 1.29 is 4.42 Å². The SMILES string of the molecule is C1=C(c2ccc3ccccc3c2)NC(c2ccc3ccccc3c2)N=C1c1cccc2oc3cc(-n4c5ccccc5c5ccc6c7ccccc7n(-c7ccccc7)c6c54)ccc3c12. The van der Waals surface area contributed by atoms with Crippen LogP contribution in [0.4, 0.5) is 0 Å². The predicted octanol–water partition coefficient (Wildman–Crippen LogP) is 15.2. The Bertz CT molecular complexity index is 4160. The summed E-state index contributed by atoms with van der Waals surface area (Å²) in [5.74, 6) is 0. The number of hydrogen-bond acceptors (Lipinski definition) is 3. The third kappa shape index (κ3) is 5.49. The minimum absolute atomic E-state index is 0.306. The van der Waals surface area contributed by atoms with E-state index in [0.717, 1.165) is 72.4 Å². The van der Waals surface area contributed by atoms with Gasteiger partial charge in [-0.25, -0.2) is 0 Å². The first kappa shape index (κ1) is 35.9. The van der Waals surface area contributed by atoms with Crippen LogP contribution in [0, 0.1) is 0 Å². The Labute approximate surface area is 373 Å². The Kier molecular flexibility index (Phi) is 7.68. The summed E-state index contributed by atoms with van der Waals surface area (Å²) in [5.41, 5.74) is 13.7. The second-order valence-electron chi connectivity index (χ2n) is 17.1. The Morgan fingerprint density at radius 1 is 0.431 bits per heavy atom. The highest BCUT2D eigenvalue weighted by Gasteiger charge is 2.25. The Morgan fingerprint density at radius 2 is 1.05 bits per heavy atom. The summed E-state index contributed by atoms with van der Waals surface area (Å²) in [7, 11) is 0. The molecule has 1 aliphatic heterocycles. The molecule has 5 nitrogen and oxygen atoms in total. The third-order valence-corrected chi connectivity index (χ3v) is 13.5. The number of furan rings is 1. The zero-order valence-electron chi connectivity index (χ0n) is 35.1. The summed E-state index contributed by atoms with van der Waals surface area (Å²) in [4.78, 5) is 5.49. The van der Waals surface area contributed by atoms with Crippen LogP contribution in [-0.2, 0) is 0 Å². The normalized spacial score (nSPS) is 14.3. The van der Waals surface area contributed by atoms with E-state index in [0.29, 0.717) is 0 Å². The molecule has 65 heavy (non-hydrogen) atoms. The standard InChI is InChI=1S/C60H38N4O/c1-2-17-43(18-3-1)63-53-22-10-8-19-45(53)47-31-32-48-46-20-9-11-23-54(46)64(59(48)58(47)63)44-29-30-50-56(35-44)65-55-24-12-21-49(57(50)55)52-36-51(41-27-25-37-13-4-6-15-39(37)33-41)61-60(62-52)42-28-26-38-14-5-7-16-40(38)34-42/h1-36,60-61H. The molecule has 13 aromatic rings. The van der Waals surface area contributed by atoms with E-state index in [2.05, 4.69) is 233 Å². The number of nitrogens with one attached hydrogen (secondary N) is 1. The molecule has 304 valence electrons. The molecule has 0 amide bonds. The van der Waals surface area contributed by atoms with Crippen LogP contribution in [0.2, 0.25) is 0 Å². The molecule has 0 saturated heterocycles. The van der Waals surface area contributed by atoms with Gasteiger partial charge in [-0.3, -0.25) is 4.99 Å². The summed E-state index contributed by atoms with van der Waals surface area (Å²) in [6, 6.07) is 76.3. The van der Waals surface area contributed by atoms with Crippen molar-refractivity contribution in [2.45, 2.75) is 6.17 Å². The predicted molar refractivity (Wildman–Crippen MR) is 271 cm³/mol. The molecule has 0 radical (unpaired) electrons. The van der Waals surface area contributed by atoms with Gasteiger partial charge >= 0.3 is 0 Å². The zero-order chi connectivity index (χ0) is 42.6. The number of aromatic nitrogens is 2. The second-order valence-corrected chi connectivity index (χ2v) is 17.1. The zero-order valence-corrected chi connectivity index (χ0v) is 35.1. The molecule has 1 aliphatic rings. The molecule has 3 aromatic heterocycles. The van der Waals surface area contributed by atoms with Crippen LogP contribution in [0.15, 0.2) is 228 Å². The fraction of sp³-hybridized carbons (Fsp3) is 0.0167. The number of allylic oxidation sites excluding steroid dienone is 1. The molecule has 1 N–H and O–H groups in total. The summed E-state index contributed by atoms with van der Waals surface area (Å²) in [6.45, 7) is 0. The monoisotopic (exact) mass is 830 g/mol. The quantitative estimate of drug-likeness (QED) is 0.188. The van der Waals surface area contributed by atoms with Crippen molar-refractivity contribution in [3.8, 4) is 11.4 Å². The molecule has 10 aromatic carbocycles. The van der Waals surface area contributed by atoms with Gasteiger partial charge in [0.15, 0.2) is 0 Å². The molecule has 0 aliphatic carbocycles. The van der Waals surface area contributed by atoms with Crippen LogP contribution in [-0.4, -0.2) is 14.8 Å². The second kappa shape index (κ2) is 13.9. The lowest BCUT2D eigenvalue weighted by atomic mass is 9.97. The molecule has 1 unspecified atom stereocenters. The smallest absolute Gasteiger partial charge is 0.145 e. The van der Waals surface area contributed by atoms with Crippen molar-refractivity contribution >= 4 is 98.5 Å². The Balaban J connectivity index is 0.979. The topological polar surface area (TPSA) is 47.4 Å². The van der Waals surface area contributed by atoms with Gasteiger partial charge < -0.3 is 18.9 Å². The number of benzene rings is 10. The van der Waals surface area contributed by atoms with Crippen molar-refractivity contribution in [3.05, 3.63) is 235 Å². The maximum atomic E-state index is 6.88. The Hall–Kier alpha value is -8.67. The molecular formula is C60H38N4O. The maximum absolute atomic E-state index is 6.88. The molecule has 4 heterocycles. The van der Waals surface area contributed by atoms with Crippen molar-refractivity contribution in [1.29, 1.82) is 0 Å². The van der Waals surface area contributed by atoms with Gasteiger partial charge in [-0.1, -0.05) is 152 Å². The van der Waals surface area contributed by atoms with Gasteiger partial charge in [-0.05, 0) is 93.3 Å². The minimum atomic E-state index is -0.306. The van der Waals surface area contributed by atoms with Gasteiger partial charge in [0, 0.05) is 55.3 Å². The first-order chi connectivity index (χ1) is 32.2. The van der Waals surface area contributed by atoms with Crippen molar-refractivity contribution in [2.24, 2.45) is 4.99 Å². The fourth-order valence-electron chi connectivity index (χ4n) is 10.5. The molecular weight excluding hydrogens is 793 g/mol. The van der Waals surface area contributed by atoms with Gasteiger partial charge in [0.2, 0.25) is 0 Å². The number of nitrogens with zero attached hydrogens (tertiary/aromatic N) is 3. The van der Waals surface area contributed by atoms with E-state index in [9.17, 15) is 0 Å². The van der Waals surface area contributed by atoms with E-state index < -0.39 is 0 Å². The van der Waals surface area contributed by atoms with E-state index in [1.54, 1.807) is 0 Å². The van der Waals surface area contributed by atoms with Crippen LogP contribution in [0.5, 0.6) is 0 Å². The molecule has 0 bridgehead atoms. The highest BCUT2D eigenvalue weighted by molar-refractivity contribution is 6.25. The lowest BCUT2D eigenvalue weighted by molar-refractivity contribution is 0.664. The van der Waals surface area contributed by atoms with Crippen molar-refractivity contribution in [2.75, 3.05) is 0 Å². The number of aliphatic imine (C=N–C) groups is 1. The molecule has 5 heteroatoms. The molecule has 14 rings (SSSR count). The first-order valence-electron chi connectivity index (χ1n) is 22.2. The van der Waals surface area contributed by atoms with Gasteiger partial charge in [-0.15, -0.1) is 0 Å². The van der Waals surface area contributed by atoms with Crippen LogP contribution >= 0.6 is 0 Å². The highest BCUT2D eigenvalue weighted by atomic mass is 16.3. The highest BCUT2D eigenvalue weighted by Crippen LogP contribution is 2.43. The number of rotatable bonds is 5. The van der Waals surface area contributed by atoms with Crippen molar-refractivity contribution in [3.63, 3.8) is 0 Å². The minimum Gasteiger partial charge on any atom is -0.456 e. The van der Waals surface area contributed by atoms with Gasteiger partial charge in [0.05, 0.1) is 33.5 Å². The summed E-state index contributed by atoms with van der Waals surface area (Å²) >= 11 is 0. The van der Waals surface area contributed by atoms with E-state index in [4.69, 9.17) is 9.41 Å². The van der Waals surface area contributed by atoms with Crippen molar-refractivity contribution in [1.82, 2.24) is 14.5 Å². The lowest BCUT2D eigenvalue weighted by Gasteiger charge is -2.25. The van der Waals surface area contributed by atoms with Crippen LogP contribution in [0.3, 0.4) is 0 Å². The van der Waals surface area contributed by atoms with E-state index >= 15 is 0 Å². The van der Waals surface area contributed by atoms with Crippen LogP contribution in [0.25, 0.3) is 104 Å².